The first-order chi connectivity index (χ1) is 5.86. The van der Waals surface area contributed by atoms with Gasteiger partial charge in [-0.1, -0.05) is 12.2 Å². The van der Waals surface area contributed by atoms with Crippen LogP contribution in [0.3, 0.4) is 0 Å². The SMILES string of the molecule is NNc1ccc(C=CCCl)cn1. The van der Waals surface area contributed by atoms with Crippen molar-refractivity contribution >= 4 is 23.5 Å². The molecular weight excluding hydrogens is 174 g/mol. The molecule has 3 nitrogen and oxygen atoms in total. The first-order valence-electron chi connectivity index (χ1n) is 3.52. The van der Waals surface area contributed by atoms with Crippen molar-refractivity contribution < 1.29 is 0 Å². The number of nitrogens with zero attached hydrogens (tertiary/aromatic N) is 1. The number of pyridine rings is 1. The summed E-state index contributed by atoms with van der Waals surface area (Å²) in [5, 5.41) is 0. The topological polar surface area (TPSA) is 50.9 Å². The molecule has 0 saturated carbocycles. The van der Waals surface area contributed by atoms with E-state index in [4.69, 9.17) is 17.4 Å². The fraction of sp³-hybridized carbons (Fsp3) is 0.125. The molecule has 0 bridgehead atoms. The second-order valence-electron chi connectivity index (χ2n) is 2.18. The van der Waals surface area contributed by atoms with Crippen LogP contribution in [0.2, 0.25) is 0 Å². The number of nitrogens with two attached hydrogens (primary N) is 1. The standard InChI is InChI=1S/C8H10ClN3/c9-5-1-2-7-3-4-8(12-10)11-6-7/h1-4,6H,5,10H2,(H,11,12). The molecule has 0 aromatic carbocycles. The molecule has 0 radical (unpaired) electrons. The number of nitrogens with one attached hydrogen (secondary N) is 1. The van der Waals surface area contributed by atoms with Crippen LogP contribution in [-0.2, 0) is 0 Å². The summed E-state index contributed by atoms with van der Waals surface area (Å²) < 4.78 is 0. The summed E-state index contributed by atoms with van der Waals surface area (Å²) in [4.78, 5) is 4.02. The minimum atomic E-state index is 0.511. The third-order valence-electron chi connectivity index (χ3n) is 1.33. The van der Waals surface area contributed by atoms with Crippen LogP contribution in [0.4, 0.5) is 5.82 Å². The predicted octanol–water partition coefficient (Wildman–Crippen LogP) is 1.62. The number of hydrogen-bond acceptors (Lipinski definition) is 3. The predicted molar refractivity (Wildman–Crippen MR) is 51.8 cm³/mol. The van der Waals surface area contributed by atoms with Crippen molar-refractivity contribution in [3.63, 3.8) is 0 Å². The summed E-state index contributed by atoms with van der Waals surface area (Å²) in [5.74, 6) is 6.31. The van der Waals surface area contributed by atoms with E-state index in [1.807, 2.05) is 18.2 Å². The lowest BCUT2D eigenvalue weighted by molar-refractivity contribution is 1.22. The molecule has 0 amide bonds. The van der Waals surface area contributed by atoms with Crippen LogP contribution in [0.1, 0.15) is 5.56 Å². The molecule has 1 rings (SSSR count). The Bertz CT molecular complexity index is 256. The average Bonchev–Trinajstić information content (AvgIpc) is 2.15. The van der Waals surface area contributed by atoms with Gasteiger partial charge in [0.15, 0.2) is 0 Å². The fourth-order valence-corrected chi connectivity index (χ4v) is 0.859. The summed E-state index contributed by atoms with van der Waals surface area (Å²) in [6.45, 7) is 0. The minimum Gasteiger partial charge on any atom is -0.308 e. The third kappa shape index (κ3) is 2.53. The summed E-state index contributed by atoms with van der Waals surface area (Å²) in [5.41, 5.74) is 3.46. The summed E-state index contributed by atoms with van der Waals surface area (Å²) in [7, 11) is 0. The first kappa shape index (κ1) is 9.03. The van der Waals surface area contributed by atoms with Crippen LogP contribution >= 0.6 is 11.6 Å². The second-order valence-corrected chi connectivity index (χ2v) is 2.49. The van der Waals surface area contributed by atoms with Gasteiger partial charge in [0.25, 0.3) is 0 Å². The van der Waals surface area contributed by atoms with Gasteiger partial charge in [-0.25, -0.2) is 10.8 Å². The summed E-state index contributed by atoms with van der Waals surface area (Å²) in [6, 6.07) is 3.71. The molecule has 0 saturated heterocycles. The number of aromatic nitrogens is 1. The highest BCUT2D eigenvalue weighted by molar-refractivity contribution is 6.19. The lowest BCUT2D eigenvalue weighted by atomic mass is 10.2. The van der Waals surface area contributed by atoms with Crippen LogP contribution in [0.15, 0.2) is 24.4 Å². The normalized spacial score (nSPS) is 10.5. The number of rotatable bonds is 3. The summed E-state index contributed by atoms with van der Waals surface area (Å²) in [6.07, 6.45) is 5.48. The average molecular weight is 184 g/mol. The zero-order valence-electron chi connectivity index (χ0n) is 6.50. The van der Waals surface area contributed by atoms with E-state index in [0.717, 1.165) is 5.56 Å². The van der Waals surface area contributed by atoms with Gasteiger partial charge >= 0.3 is 0 Å². The molecule has 0 spiro atoms. The number of alkyl halides is 1. The monoisotopic (exact) mass is 183 g/mol. The van der Waals surface area contributed by atoms with Crippen molar-refractivity contribution in [3.05, 3.63) is 30.0 Å². The zero-order chi connectivity index (χ0) is 8.81. The lowest BCUT2D eigenvalue weighted by Gasteiger charge is -1.97. The zero-order valence-corrected chi connectivity index (χ0v) is 7.25. The Morgan fingerprint density at radius 1 is 1.58 bits per heavy atom. The molecule has 0 aliphatic rings. The van der Waals surface area contributed by atoms with Gasteiger partial charge < -0.3 is 5.43 Å². The molecule has 12 heavy (non-hydrogen) atoms. The van der Waals surface area contributed by atoms with E-state index in [9.17, 15) is 0 Å². The van der Waals surface area contributed by atoms with Crippen molar-refractivity contribution in [1.82, 2.24) is 4.98 Å². The van der Waals surface area contributed by atoms with E-state index < -0.39 is 0 Å². The van der Waals surface area contributed by atoms with Gasteiger partial charge in [-0.15, -0.1) is 11.6 Å². The molecule has 1 aromatic heterocycles. The van der Waals surface area contributed by atoms with Gasteiger partial charge in [0.05, 0.1) is 0 Å². The molecule has 64 valence electrons. The minimum absolute atomic E-state index is 0.511. The van der Waals surface area contributed by atoms with Crippen molar-refractivity contribution in [2.75, 3.05) is 11.3 Å². The van der Waals surface area contributed by atoms with E-state index in [1.165, 1.54) is 0 Å². The Morgan fingerprint density at radius 3 is 2.92 bits per heavy atom. The van der Waals surface area contributed by atoms with Gasteiger partial charge in [-0.05, 0) is 17.7 Å². The van der Waals surface area contributed by atoms with Crippen molar-refractivity contribution in [1.29, 1.82) is 0 Å². The molecule has 0 aliphatic carbocycles. The van der Waals surface area contributed by atoms with Crippen LogP contribution < -0.4 is 11.3 Å². The number of hydrazine groups is 1. The molecule has 0 unspecified atom stereocenters. The highest BCUT2D eigenvalue weighted by Crippen LogP contribution is 2.04. The number of hydrogen-bond donors (Lipinski definition) is 2. The highest BCUT2D eigenvalue weighted by atomic mass is 35.5. The van der Waals surface area contributed by atoms with Crippen molar-refractivity contribution in [3.8, 4) is 0 Å². The first-order valence-corrected chi connectivity index (χ1v) is 4.05. The number of nitrogen functional groups attached to an aromatic ring is 1. The fourth-order valence-electron chi connectivity index (χ4n) is 0.770. The van der Waals surface area contributed by atoms with Crippen LogP contribution in [0.25, 0.3) is 6.08 Å². The number of halogens is 1. The Kier molecular flexibility index (Phi) is 3.57. The Hall–Kier alpha value is -1.06. The van der Waals surface area contributed by atoms with Crippen molar-refractivity contribution in [2.24, 2.45) is 5.84 Å². The van der Waals surface area contributed by atoms with Gasteiger partial charge in [0, 0.05) is 12.1 Å². The van der Waals surface area contributed by atoms with E-state index >= 15 is 0 Å². The highest BCUT2D eigenvalue weighted by Gasteiger charge is 1.88. The largest absolute Gasteiger partial charge is 0.308 e. The van der Waals surface area contributed by atoms with E-state index in [2.05, 4.69) is 10.4 Å². The van der Waals surface area contributed by atoms with Crippen LogP contribution in [-0.4, -0.2) is 10.9 Å². The van der Waals surface area contributed by atoms with E-state index in [-0.39, 0.29) is 0 Å². The maximum Gasteiger partial charge on any atom is 0.139 e. The molecular formula is C8H10ClN3. The molecule has 1 heterocycles. The van der Waals surface area contributed by atoms with Crippen LogP contribution in [0, 0.1) is 0 Å². The molecule has 0 aliphatic heterocycles. The Labute approximate surface area is 76.2 Å². The van der Waals surface area contributed by atoms with Gasteiger partial charge in [0.2, 0.25) is 0 Å². The van der Waals surface area contributed by atoms with Crippen LogP contribution in [0.5, 0.6) is 0 Å². The number of allylic oxidation sites excluding steroid dienone is 1. The maximum atomic E-state index is 5.47. The van der Waals surface area contributed by atoms with Gasteiger partial charge in [-0.3, -0.25) is 0 Å². The smallest absolute Gasteiger partial charge is 0.139 e. The van der Waals surface area contributed by atoms with E-state index in [1.54, 1.807) is 12.3 Å². The Morgan fingerprint density at radius 2 is 2.42 bits per heavy atom. The lowest BCUT2D eigenvalue weighted by Crippen LogP contribution is -2.07. The molecule has 4 heteroatoms. The molecule has 3 N–H and O–H groups in total. The second kappa shape index (κ2) is 4.74. The quantitative estimate of drug-likeness (QED) is 0.426. The number of anilines is 1. The van der Waals surface area contributed by atoms with Crippen molar-refractivity contribution in [2.45, 2.75) is 0 Å². The van der Waals surface area contributed by atoms with Gasteiger partial charge in [-0.2, -0.15) is 0 Å². The molecule has 0 atom stereocenters. The summed E-state index contributed by atoms with van der Waals surface area (Å²) >= 11 is 5.47. The van der Waals surface area contributed by atoms with Gasteiger partial charge in [0.1, 0.15) is 5.82 Å². The molecule has 0 fully saturated rings. The molecule has 1 aromatic rings. The maximum absolute atomic E-state index is 5.47. The Balaban J connectivity index is 2.71. The third-order valence-corrected chi connectivity index (χ3v) is 1.51. The van der Waals surface area contributed by atoms with E-state index in [0.29, 0.717) is 11.7 Å².